The van der Waals surface area contributed by atoms with Gasteiger partial charge in [-0.1, -0.05) is 0 Å². The summed E-state index contributed by atoms with van der Waals surface area (Å²) in [6.07, 6.45) is -2.21. The highest BCUT2D eigenvalue weighted by Crippen LogP contribution is 2.17. The molecule has 110 valence electrons. The maximum absolute atomic E-state index is 12.1. The van der Waals surface area contributed by atoms with Crippen molar-refractivity contribution in [3.63, 3.8) is 0 Å². The molecule has 2 N–H and O–H groups in total. The third-order valence-corrected chi connectivity index (χ3v) is 3.02. The molecule has 0 aromatic rings. The molecule has 0 amide bonds. The molecule has 1 fully saturated rings. The van der Waals surface area contributed by atoms with Gasteiger partial charge in [-0.2, -0.15) is 0 Å². The Balaban J connectivity index is 2.57. The Bertz CT molecular complexity index is 328. The lowest BCUT2D eigenvalue weighted by atomic mass is 9.94. The highest BCUT2D eigenvalue weighted by molar-refractivity contribution is 5.72. The van der Waals surface area contributed by atoms with E-state index in [9.17, 15) is 18.4 Å². The highest BCUT2D eigenvalue weighted by atomic mass is 19.3. The Morgan fingerprint density at radius 3 is 2.68 bits per heavy atom. The Labute approximate surface area is 109 Å². The first-order chi connectivity index (χ1) is 8.92. The third kappa shape index (κ3) is 5.48. The second-order valence-corrected chi connectivity index (χ2v) is 4.54. The molecular weight excluding hydrogens is 262 g/mol. The van der Waals surface area contributed by atoms with E-state index in [1.165, 1.54) is 7.11 Å². The van der Waals surface area contributed by atoms with Crippen LogP contribution in [0.1, 0.15) is 6.42 Å². The summed E-state index contributed by atoms with van der Waals surface area (Å²) in [5.41, 5.74) is 0. The number of carboxylic acids is 1. The van der Waals surface area contributed by atoms with E-state index in [0.717, 1.165) is 0 Å². The van der Waals surface area contributed by atoms with Crippen LogP contribution in [0.25, 0.3) is 0 Å². The lowest BCUT2D eigenvalue weighted by Crippen LogP contribution is -2.52. The third-order valence-electron chi connectivity index (χ3n) is 3.02. The number of carbonyl (C=O) groups is 2. The standard InChI is InChI=1S/C11H18F2N2O4/c1-19-10(16)6-15-4-7(11(17)18)2-8(5-15)14-3-9(12)13/h7-9,14H,2-6H2,1H3,(H,17,18). The van der Waals surface area contributed by atoms with Crippen LogP contribution in [0.2, 0.25) is 0 Å². The highest BCUT2D eigenvalue weighted by Gasteiger charge is 2.32. The number of hydrogen-bond acceptors (Lipinski definition) is 5. The largest absolute Gasteiger partial charge is 0.481 e. The molecule has 0 aliphatic carbocycles. The first-order valence-corrected chi connectivity index (χ1v) is 5.96. The van der Waals surface area contributed by atoms with E-state index in [1.807, 2.05) is 0 Å². The van der Waals surface area contributed by atoms with Crippen molar-refractivity contribution < 1.29 is 28.2 Å². The molecule has 0 bridgehead atoms. The molecule has 0 radical (unpaired) electrons. The van der Waals surface area contributed by atoms with Crippen LogP contribution in [-0.4, -0.2) is 67.7 Å². The second kappa shape index (κ2) is 7.34. The molecule has 2 unspecified atom stereocenters. The number of carbonyl (C=O) groups excluding carboxylic acids is 1. The molecule has 1 aliphatic rings. The van der Waals surface area contributed by atoms with Crippen molar-refractivity contribution in [1.29, 1.82) is 0 Å². The molecule has 0 spiro atoms. The van der Waals surface area contributed by atoms with E-state index in [4.69, 9.17) is 5.11 Å². The summed E-state index contributed by atoms with van der Waals surface area (Å²) in [7, 11) is 1.24. The number of ether oxygens (including phenoxy) is 1. The average Bonchev–Trinajstić information content (AvgIpc) is 2.35. The van der Waals surface area contributed by atoms with Gasteiger partial charge in [0, 0.05) is 19.1 Å². The van der Waals surface area contributed by atoms with Gasteiger partial charge in [0.2, 0.25) is 0 Å². The number of nitrogens with one attached hydrogen (secondary N) is 1. The van der Waals surface area contributed by atoms with E-state index < -0.39 is 30.8 Å². The molecular formula is C11H18F2N2O4. The molecule has 2 atom stereocenters. The van der Waals surface area contributed by atoms with E-state index in [0.29, 0.717) is 6.54 Å². The SMILES string of the molecule is COC(=O)CN1CC(NCC(F)F)CC(C(=O)O)C1. The summed E-state index contributed by atoms with van der Waals surface area (Å²) in [5, 5.41) is 11.6. The summed E-state index contributed by atoms with van der Waals surface area (Å²) in [6, 6.07) is -0.367. The number of likely N-dealkylation sites (tertiary alicyclic amines) is 1. The minimum absolute atomic E-state index is 0.0346. The van der Waals surface area contributed by atoms with Crippen LogP contribution in [0.4, 0.5) is 8.78 Å². The van der Waals surface area contributed by atoms with Crippen molar-refractivity contribution in [2.75, 3.05) is 33.3 Å². The zero-order valence-electron chi connectivity index (χ0n) is 10.6. The quantitative estimate of drug-likeness (QED) is 0.655. The average molecular weight is 280 g/mol. The van der Waals surface area contributed by atoms with Crippen molar-refractivity contribution in [2.24, 2.45) is 5.92 Å². The summed E-state index contributed by atoms with van der Waals surface area (Å²) in [4.78, 5) is 23.8. The smallest absolute Gasteiger partial charge is 0.319 e. The summed E-state index contributed by atoms with van der Waals surface area (Å²) in [6.45, 7) is 0.0547. The van der Waals surface area contributed by atoms with Gasteiger partial charge in [0.05, 0.1) is 26.1 Å². The minimum Gasteiger partial charge on any atom is -0.481 e. The van der Waals surface area contributed by atoms with Crippen LogP contribution >= 0.6 is 0 Å². The van der Waals surface area contributed by atoms with Crippen LogP contribution < -0.4 is 5.32 Å². The zero-order valence-corrected chi connectivity index (χ0v) is 10.6. The van der Waals surface area contributed by atoms with Gasteiger partial charge in [0.25, 0.3) is 6.43 Å². The topological polar surface area (TPSA) is 78.9 Å². The predicted octanol–water partition coefficient (Wildman–Crippen LogP) is -0.211. The van der Waals surface area contributed by atoms with Crippen molar-refractivity contribution in [1.82, 2.24) is 10.2 Å². The minimum atomic E-state index is -2.49. The number of alkyl halides is 2. The first kappa shape index (κ1) is 15.8. The fourth-order valence-corrected chi connectivity index (χ4v) is 2.15. The Morgan fingerprint density at radius 2 is 2.16 bits per heavy atom. The van der Waals surface area contributed by atoms with E-state index >= 15 is 0 Å². The van der Waals surface area contributed by atoms with Gasteiger partial charge in [0.1, 0.15) is 0 Å². The number of methoxy groups -OCH3 is 1. The van der Waals surface area contributed by atoms with Gasteiger partial charge in [-0.3, -0.25) is 14.5 Å². The molecule has 6 nitrogen and oxygen atoms in total. The van der Waals surface area contributed by atoms with E-state index in [2.05, 4.69) is 10.1 Å². The molecule has 1 rings (SSSR count). The van der Waals surface area contributed by atoms with Gasteiger partial charge in [-0.15, -0.1) is 0 Å². The van der Waals surface area contributed by atoms with Crippen LogP contribution in [-0.2, 0) is 14.3 Å². The van der Waals surface area contributed by atoms with E-state index in [1.54, 1.807) is 4.90 Å². The molecule has 1 heterocycles. The molecule has 1 aliphatic heterocycles. The van der Waals surface area contributed by atoms with Gasteiger partial charge in [-0.05, 0) is 6.42 Å². The summed E-state index contributed by atoms with van der Waals surface area (Å²) < 4.78 is 28.8. The molecule has 0 aromatic heterocycles. The summed E-state index contributed by atoms with van der Waals surface area (Å²) in [5.74, 6) is -2.13. The van der Waals surface area contributed by atoms with Gasteiger partial charge in [0.15, 0.2) is 0 Å². The normalized spacial score (nSPS) is 24.4. The maximum atomic E-state index is 12.1. The molecule has 8 heteroatoms. The number of halogens is 2. The maximum Gasteiger partial charge on any atom is 0.319 e. The number of aliphatic carboxylic acids is 1. The van der Waals surface area contributed by atoms with E-state index in [-0.39, 0.29) is 25.6 Å². The Hall–Kier alpha value is -1.28. The van der Waals surface area contributed by atoms with Crippen LogP contribution in [0, 0.1) is 5.92 Å². The predicted molar refractivity (Wildman–Crippen MR) is 62.0 cm³/mol. The van der Waals surface area contributed by atoms with Gasteiger partial charge < -0.3 is 15.2 Å². The summed E-state index contributed by atoms with van der Waals surface area (Å²) >= 11 is 0. The van der Waals surface area contributed by atoms with Crippen molar-refractivity contribution in [3.8, 4) is 0 Å². The fourth-order valence-electron chi connectivity index (χ4n) is 2.15. The van der Waals surface area contributed by atoms with Crippen LogP contribution in [0.3, 0.4) is 0 Å². The zero-order chi connectivity index (χ0) is 14.4. The Kier molecular flexibility index (Phi) is 6.10. The molecule has 19 heavy (non-hydrogen) atoms. The second-order valence-electron chi connectivity index (χ2n) is 4.54. The van der Waals surface area contributed by atoms with Gasteiger partial charge >= 0.3 is 11.9 Å². The fraction of sp³-hybridized carbons (Fsp3) is 0.818. The number of piperidine rings is 1. The number of carboxylic acid groups (broad SMARTS) is 1. The number of esters is 1. The molecule has 0 saturated carbocycles. The monoisotopic (exact) mass is 280 g/mol. The van der Waals surface area contributed by atoms with Crippen molar-refractivity contribution in [3.05, 3.63) is 0 Å². The van der Waals surface area contributed by atoms with Crippen molar-refractivity contribution >= 4 is 11.9 Å². The first-order valence-electron chi connectivity index (χ1n) is 5.96. The van der Waals surface area contributed by atoms with Crippen LogP contribution in [0.5, 0.6) is 0 Å². The lowest BCUT2D eigenvalue weighted by Gasteiger charge is -2.35. The molecule has 0 aromatic carbocycles. The number of nitrogens with zero attached hydrogens (tertiary/aromatic N) is 1. The lowest BCUT2D eigenvalue weighted by molar-refractivity contribution is -0.148. The van der Waals surface area contributed by atoms with Crippen molar-refractivity contribution in [2.45, 2.75) is 18.9 Å². The van der Waals surface area contributed by atoms with Gasteiger partial charge in [-0.25, -0.2) is 8.78 Å². The van der Waals surface area contributed by atoms with Crippen LogP contribution in [0.15, 0.2) is 0 Å². The number of rotatable bonds is 6. The number of hydrogen-bond donors (Lipinski definition) is 2. The Morgan fingerprint density at radius 1 is 1.47 bits per heavy atom. The molecule has 1 saturated heterocycles.